The molecule has 0 saturated heterocycles. The summed E-state index contributed by atoms with van der Waals surface area (Å²) in [6, 6.07) is 32.0. The number of hydrogen-bond acceptors (Lipinski definition) is 7. The van der Waals surface area contributed by atoms with E-state index in [4.69, 9.17) is 4.84 Å². The largest absolute Gasteiger partial charge is 0.391 e. The second-order valence-electron chi connectivity index (χ2n) is 9.61. The molecule has 1 heterocycles. The Kier molecular flexibility index (Phi) is 9.66. The number of halogens is 1. The van der Waals surface area contributed by atoms with Crippen LogP contribution < -0.4 is 0 Å². The Balaban J connectivity index is 1.51. The Morgan fingerprint density at radius 2 is 1.37 bits per heavy atom. The average Bonchev–Trinajstić information content (AvgIpc) is 3.03. The van der Waals surface area contributed by atoms with Gasteiger partial charge in [0, 0.05) is 21.6 Å². The topological polar surface area (TPSA) is 106 Å². The standard InChI is InChI=1S/C32H28BrN3O5S2/c33-31-19-8-7-11-25(31)20-21-28(41-35-23-27-13-9-12-26-14-10-22-34-32(26)27)24-36(42(37,38)29-15-3-1-4-16-29)43(39,40)30-17-5-2-6-18-30/h1-19,22-23,28H,20-21,24H2/b35-23+. The van der Waals surface area contributed by atoms with Gasteiger partial charge in [0.05, 0.1) is 28.1 Å². The monoisotopic (exact) mass is 677 g/mol. The maximum Gasteiger partial charge on any atom is 0.256 e. The third-order valence-electron chi connectivity index (χ3n) is 6.73. The highest BCUT2D eigenvalue weighted by molar-refractivity contribution is 9.10. The Labute approximate surface area is 259 Å². The first kappa shape index (κ1) is 30.6. The van der Waals surface area contributed by atoms with Crippen LogP contribution in [-0.2, 0) is 31.3 Å². The first-order valence-corrected chi connectivity index (χ1v) is 17.1. The van der Waals surface area contributed by atoms with Crippen LogP contribution in [0.1, 0.15) is 17.5 Å². The number of fused-ring (bicyclic) bond motifs is 1. The summed E-state index contributed by atoms with van der Waals surface area (Å²) in [7, 11) is -9.01. The van der Waals surface area contributed by atoms with Gasteiger partial charge < -0.3 is 4.84 Å². The number of para-hydroxylation sites is 1. The highest BCUT2D eigenvalue weighted by atomic mass is 79.9. The molecule has 43 heavy (non-hydrogen) atoms. The first-order valence-electron chi connectivity index (χ1n) is 13.4. The third kappa shape index (κ3) is 7.19. The van der Waals surface area contributed by atoms with Crippen molar-refractivity contribution in [3.63, 3.8) is 0 Å². The Morgan fingerprint density at radius 3 is 2.02 bits per heavy atom. The van der Waals surface area contributed by atoms with Crippen LogP contribution in [0.4, 0.5) is 0 Å². The molecule has 5 aromatic rings. The van der Waals surface area contributed by atoms with Gasteiger partial charge in [-0.05, 0) is 54.8 Å². The van der Waals surface area contributed by atoms with Crippen molar-refractivity contribution in [2.75, 3.05) is 6.54 Å². The quantitative estimate of drug-likeness (QED) is 0.111. The van der Waals surface area contributed by atoms with E-state index >= 15 is 0 Å². The van der Waals surface area contributed by atoms with Gasteiger partial charge in [-0.15, -0.1) is 0 Å². The number of hydrogen-bond donors (Lipinski definition) is 0. The molecule has 1 aromatic heterocycles. The van der Waals surface area contributed by atoms with E-state index in [1.165, 1.54) is 30.5 Å². The lowest BCUT2D eigenvalue weighted by Gasteiger charge is -2.26. The van der Waals surface area contributed by atoms with Crippen molar-refractivity contribution >= 4 is 53.1 Å². The van der Waals surface area contributed by atoms with Crippen LogP contribution in [0, 0.1) is 0 Å². The summed E-state index contributed by atoms with van der Waals surface area (Å²) in [6.07, 6.45) is 3.01. The summed E-state index contributed by atoms with van der Waals surface area (Å²) >= 11 is 3.55. The molecular formula is C32H28BrN3O5S2. The molecular weight excluding hydrogens is 650 g/mol. The zero-order chi connectivity index (χ0) is 30.3. The normalized spacial score (nSPS) is 13.0. The fraction of sp³-hybridized carbons (Fsp3) is 0.125. The van der Waals surface area contributed by atoms with Gasteiger partial charge in [0.2, 0.25) is 0 Å². The molecule has 1 atom stereocenters. The number of pyridine rings is 1. The minimum Gasteiger partial charge on any atom is -0.391 e. The predicted octanol–water partition coefficient (Wildman–Crippen LogP) is 6.43. The highest BCUT2D eigenvalue weighted by Crippen LogP contribution is 2.27. The molecule has 5 rings (SSSR count). The molecule has 0 aliphatic rings. The Bertz CT molecular complexity index is 1860. The number of sulfonamides is 2. The van der Waals surface area contributed by atoms with Crippen molar-refractivity contribution in [3.05, 3.63) is 137 Å². The molecule has 220 valence electrons. The number of aromatic nitrogens is 1. The van der Waals surface area contributed by atoms with Crippen LogP contribution >= 0.6 is 15.9 Å². The van der Waals surface area contributed by atoms with E-state index in [2.05, 4.69) is 26.1 Å². The van der Waals surface area contributed by atoms with Gasteiger partial charge in [-0.3, -0.25) is 4.98 Å². The molecule has 11 heteroatoms. The third-order valence-corrected chi connectivity index (χ3v) is 11.8. The molecule has 8 nitrogen and oxygen atoms in total. The molecule has 0 fully saturated rings. The predicted molar refractivity (Wildman–Crippen MR) is 171 cm³/mol. The van der Waals surface area contributed by atoms with E-state index < -0.39 is 32.7 Å². The molecule has 4 aromatic carbocycles. The van der Waals surface area contributed by atoms with Gasteiger partial charge in [0.15, 0.2) is 0 Å². The summed E-state index contributed by atoms with van der Waals surface area (Å²) in [5.74, 6) is 0. The van der Waals surface area contributed by atoms with Crippen LogP contribution in [-0.4, -0.2) is 44.4 Å². The minimum absolute atomic E-state index is 0.149. The van der Waals surface area contributed by atoms with Crippen molar-refractivity contribution in [2.45, 2.75) is 28.7 Å². The molecule has 0 spiro atoms. The Hall–Kier alpha value is -3.90. The van der Waals surface area contributed by atoms with Crippen molar-refractivity contribution in [2.24, 2.45) is 5.16 Å². The van der Waals surface area contributed by atoms with E-state index in [0.717, 1.165) is 20.9 Å². The zero-order valence-electron chi connectivity index (χ0n) is 22.9. The van der Waals surface area contributed by atoms with E-state index in [1.807, 2.05) is 54.6 Å². The lowest BCUT2D eigenvalue weighted by atomic mass is 10.1. The van der Waals surface area contributed by atoms with E-state index in [-0.39, 0.29) is 16.2 Å². The highest BCUT2D eigenvalue weighted by Gasteiger charge is 2.39. The molecule has 0 aliphatic heterocycles. The smallest absolute Gasteiger partial charge is 0.256 e. The van der Waals surface area contributed by atoms with Crippen LogP contribution in [0.2, 0.25) is 0 Å². The molecule has 0 saturated carbocycles. The average molecular weight is 679 g/mol. The van der Waals surface area contributed by atoms with Crippen molar-refractivity contribution in [3.8, 4) is 0 Å². The van der Waals surface area contributed by atoms with Gasteiger partial charge in [-0.1, -0.05) is 104 Å². The Morgan fingerprint density at radius 1 is 0.767 bits per heavy atom. The fourth-order valence-corrected chi connectivity index (χ4v) is 8.74. The van der Waals surface area contributed by atoms with Crippen LogP contribution in [0.3, 0.4) is 0 Å². The molecule has 0 bridgehead atoms. The number of rotatable bonds is 12. The van der Waals surface area contributed by atoms with Crippen LogP contribution in [0.5, 0.6) is 0 Å². The molecule has 1 unspecified atom stereocenters. The summed E-state index contributed by atoms with van der Waals surface area (Å²) < 4.78 is 57.0. The van der Waals surface area contributed by atoms with Crippen LogP contribution in [0.15, 0.2) is 141 Å². The maximum absolute atomic E-state index is 13.9. The van der Waals surface area contributed by atoms with E-state index in [9.17, 15) is 16.8 Å². The first-order chi connectivity index (χ1) is 20.8. The van der Waals surface area contributed by atoms with Crippen molar-refractivity contribution in [1.29, 1.82) is 0 Å². The molecule has 0 aliphatic carbocycles. The lowest BCUT2D eigenvalue weighted by Crippen LogP contribution is -2.42. The van der Waals surface area contributed by atoms with Crippen LogP contribution in [0.25, 0.3) is 10.9 Å². The molecule has 0 N–H and O–H groups in total. The summed E-state index contributed by atoms with van der Waals surface area (Å²) in [5.41, 5.74) is 2.39. The van der Waals surface area contributed by atoms with Gasteiger partial charge in [0.1, 0.15) is 6.10 Å². The van der Waals surface area contributed by atoms with Crippen molar-refractivity contribution < 1.29 is 21.7 Å². The van der Waals surface area contributed by atoms with Gasteiger partial charge >= 0.3 is 0 Å². The number of oxime groups is 1. The number of nitrogens with zero attached hydrogens (tertiary/aromatic N) is 3. The van der Waals surface area contributed by atoms with E-state index in [0.29, 0.717) is 15.7 Å². The number of benzene rings is 4. The number of aryl methyl sites for hydroxylation is 1. The maximum atomic E-state index is 13.9. The second-order valence-corrected chi connectivity index (χ2v) is 14.4. The van der Waals surface area contributed by atoms with Crippen molar-refractivity contribution in [1.82, 2.24) is 8.69 Å². The molecule has 0 radical (unpaired) electrons. The fourth-order valence-electron chi connectivity index (χ4n) is 4.51. The summed E-state index contributed by atoms with van der Waals surface area (Å²) in [4.78, 5) is 10.0. The minimum atomic E-state index is -4.50. The van der Waals surface area contributed by atoms with E-state index in [1.54, 1.807) is 42.6 Å². The zero-order valence-corrected chi connectivity index (χ0v) is 26.1. The SMILES string of the molecule is O=S(=O)(c1ccccc1)N(CC(CCc1ccccc1Br)O/N=C/c1cccc2cccnc12)S(=O)(=O)c1ccccc1. The summed E-state index contributed by atoms with van der Waals surface area (Å²) in [5, 5.41) is 5.12. The summed E-state index contributed by atoms with van der Waals surface area (Å²) in [6.45, 7) is -0.496. The van der Waals surface area contributed by atoms with Gasteiger partial charge in [-0.25, -0.2) is 16.8 Å². The lowest BCUT2D eigenvalue weighted by molar-refractivity contribution is 0.0495. The van der Waals surface area contributed by atoms with Gasteiger partial charge in [0.25, 0.3) is 20.0 Å². The molecule has 0 amide bonds. The second kappa shape index (κ2) is 13.6. The van der Waals surface area contributed by atoms with Gasteiger partial charge in [-0.2, -0.15) is 0 Å².